The molecule has 0 fully saturated rings. The van der Waals surface area contributed by atoms with Crippen molar-refractivity contribution >= 4 is 35.0 Å². The number of amides is 2. The van der Waals surface area contributed by atoms with Crippen LogP contribution < -0.4 is 5.32 Å². The molecular formula is C22H26Cl2N2O2. The van der Waals surface area contributed by atoms with E-state index in [1.807, 2.05) is 44.2 Å². The molecule has 2 amide bonds. The highest BCUT2D eigenvalue weighted by Crippen LogP contribution is 2.17. The van der Waals surface area contributed by atoms with Crippen molar-refractivity contribution in [2.45, 2.75) is 52.2 Å². The molecule has 1 N–H and O–H groups in total. The second-order valence-electron chi connectivity index (χ2n) is 6.95. The van der Waals surface area contributed by atoms with Crippen LogP contribution in [-0.2, 0) is 22.6 Å². The predicted molar refractivity (Wildman–Crippen MR) is 115 cm³/mol. The quantitative estimate of drug-likeness (QED) is 0.661. The van der Waals surface area contributed by atoms with Gasteiger partial charge in [0, 0.05) is 22.6 Å². The molecule has 2 aromatic carbocycles. The molecule has 6 heteroatoms. The smallest absolute Gasteiger partial charge is 0.242 e. The molecule has 0 aromatic heterocycles. The van der Waals surface area contributed by atoms with E-state index < -0.39 is 6.04 Å². The van der Waals surface area contributed by atoms with Gasteiger partial charge in [0.15, 0.2) is 0 Å². The minimum atomic E-state index is -0.604. The fraction of sp³-hybridized carbons (Fsp3) is 0.364. The molecular weight excluding hydrogens is 395 g/mol. The van der Waals surface area contributed by atoms with E-state index in [0.29, 0.717) is 16.6 Å². The summed E-state index contributed by atoms with van der Waals surface area (Å²) in [5.41, 5.74) is 1.72. The number of benzene rings is 2. The average Bonchev–Trinajstić information content (AvgIpc) is 2.67. The van der Waals surface area contributed by atoms with Gasteiger partial charge in [-0.2, -0.15) is 0 Å². The van der Waals surface area contributed by atoms with E-state index in [4.69, 9.17) is 23.2 Å². The van der Waals surface area contributed by atoms with Crippen LogP contribution in [0.5, 0.6) is 0 Å². The van der Waals surface area contributed by atoms with Crippen molar-refractivity contribution in [3.63, 3.8) is 0 Å². The van der Waals surface area contributed by atoms with Gasteiger partial charge in [-0.15, -0.1) is 0 Å². The monoisotopic (exact) mass is 420 g/mol. The molecule has 0 saturated carbocycles. The van der Waals surface area contributed by atoms with Gasteiger partial charge in [-0.25, -0.2) is 0 Å². The van der Waals surface area contributed by atoms with Gasteiger partial charge in [0.2, 0.25) is 11.8 Å². The van der Waals surface area contributed by atoms with Crippen molar-refractivity contribution in [2.24, 2.45) is 0 Å². The lowest BCUT2D eigenvalue weighted by atomic mass is 10.1. The first-order chi connectivity index (χ1) is 13.3. The molecule has 2 aromatic rings. The van der Waals surface area contributed by atoms with E-state index >= 15 is 0 Å². The van der Waals surface area contributed by atoms with E-state index in [0.717, 1.165) is 17.5 Å². The summed E-state index contributed by atoms with van der Waals surface area (Å²) in [6.45, 7) is 6.01. The van der Waals surface area contributed by atoms with E-state index in [9.17, 15) is 9.59 Å². The van der Waals surface area contributed by atoms with Crippen molar-refractivity contribution in [1.82, 2.24) is 10.2 Å². The van der Waals surface area contributed by atoms with Crippen molar-refractivity contribution in [2.75, 3.05) is 0 Å². The highest BCUT2D eigenvalue weighted by Gasteiger charge is 2.26. The van der Waals surface area contributed by atoms with E-state index in [2.05, 4.69) is 5.32 Å². The Morgan fingerprint density at radius 1 is 1.00 bits per heavy atom. The third-order valence-corrected chi connectivity index (χ3v) is 5.17. The standard InChI is InChI=1S/C22H26Cl2N2O2/c1-4-15(2)25-22(28)16(3)26(14-18-6-5-7-20(24)12-18)21(27)13-17-8-10-19(23)11-9-17/h5-12,15-16H,4,13-14H2,1-3H3,(H,25,28)/t15-,16-/m0/s1. The van der Waals surface area contributed by atoms with E-state index in [1.165, 1.54) is 0 Å². The lowest BCUT2D eigenvalue weighted by Gasteiger charge is -2.30. The van der Waals surface area contributed by atoms with Crippen molar-refractivity contribution in [3.05, 3.63) is 69.7 Å². The maximum absolute atomic E-state index is 13.1. The summed E-state index contributed by atoms with van der Waals surface area (Å²) >= 11 is 12.0. The van der Waals surface area contributed by atoms with Crippen LogP contribution in [0, 0.1) is 0 Å². The zero-order valence-corrected chi connectivity index (χ0v) is 17.9. The number of halogens is 2. The Hall–Kier alpha value is -2.04. The minimum Gasteiger partial charge on any atom is -0.352 e. The third kappa shape index (κ3) is 6.54. The van der Waals surface area contributed by atoms with Crippen LogP contribution in [0.25, 0.3) is 0 Å². The molecule has 0 bridgehead atoms. The SMILES string of the molecule is CC[C@H](C)NC(=O)[C@H](C)N(Cc1cccc(Cl)c1)C(=O)Cc1ccc(Cl)cc1. The van der Waals surface area contributed by atoms with E-state index in [-0.39, 0.29) is 24.3 Å². The first-order valence-corrected chi connectivity index (χ1v) is 10.1. The Labute approximate surface area is 176 Å². The molecule has 4 nitrogen and oxygen atoms in total. The van der Waals surface area contributed by atoms with E-state index in [1.54, 1.807) is 30.0 Å². The molecule has 0 aliphatic carbocycles. The zero-order valence-electron chi connectivity index (χ0n) is 16.4. The second-order valence-corrected chi connectivity index (χ2v) is 7.82. The van der Waals surface area contributed by atoms with Gasteiger partial charge in [0.05, 0.1) is 6.42 Å². The highest BCUT2D eigenvalue weighted by atomic mass is 35.5. The molecule has 0 aliphatic heterocycles. The number of nitrogens with zero attached hydrogens (tertiary/aromatic N) is 1. The Kier molecular flexibility index (Phi) is 8.34. The maximum atomic E-state index is 13.1. The molecule has 0 aliphatic rings. The molecule has 150 valence electrons. The molecule has 2 atom stereocenters. The first kappa shape index (κ1) is 22.3. The summed E-state index contributed by atoms with van der Waals surface area (Å²) in [6.07, 6.45) is 1.02. The molecule has 0 radical (unpaired) electrons. The molecule has 0 heterocycles. The van der Waals surface area contributed by atoms with Crippen LogP contribution in [0.2, 0.25) is 10.0 Å². The average molecular weight is 421 g/mol. The van der Waals surface area contributed by atoms with Crippen LogP contribution >= 0.6 is 23.2 Å². The van der Waals surface area contributed by atoms with Gasteiger partial charge < -0.3 is 10.2 Å². The van der Waals surface area contributed by atoms with Crippen molar-refractivity contribution in [3.8, 4) is 0 Å². The van der Waals surface area contributed by atoms with Crippen molar-refractivity contribution in [1.29, 1.82) is 0 Å². The number of carbonyl (C=O) groups is 2. The number of hydrogen-bond donors (Lipinski definition) is 1. The third-order valence-electron chi connectivity index (χ3n) is 4.68. The largest absolute Gasteiger partial charge is 0.352 e. The lowest BCUT2D eigenvalue weighted by Crippen LogP contribution is -2.49. The molecule has 28 heavy (non-hydrogen) atoms. The number of rotatable bonds is 8. The fourth-order valence-corrected chi connectivity index (χ4v) is 3.10. The first-order valence-electron chi connectivity index (χ1n) is 9.39. The van der Waals surface area contributed by atoms with Gasteiger partial charge in [-0.1, -0.05) is 54.4 Å². The summed E-state index contributed by atoms with van der Waals surface area (Å²) in [5.74, 6) is -0.296. The predicted octanol–water partition coefficient (Wildman–Crippen LogP) is 4.87. The van der Waals surface area contributed by atoms with Crippen LogP contribution in [0.15, 0.2) is 48.5 Å². The number of carbonyl (C=O) groups excluding carboxylic acids is 2. The normalized spacial score (nSPS) is 12.9. The van der Waals surface area contributed by atoms with Crippen LogP contribution in [0.1, 0.15) is 38.3 Å². The fourth-order valence-electron chi connectivity index (χ4n) is 2.76. The van der Waals surface area contributed by atoms with Crippen LogP contribution in [-0.4, -0.2) is 28.8 Å². The topological polar surface area (TPSA) is 49.4 Å². The number of nitrogens with one attached hydrogen (secondary N) is 1. The summed E-state index contributed by atoms with van der Waals surface area (Å²) < 4.78 is 0. The minimum absolute atomic E-state index is 0.0503. The Morgan fingerprint density at radius 2 is 1.68 bits per heavy atom. The number of hydrogen-bond acceptors (Lipinski definition) is 2. The zero-order chi connectivity index (χ0) is 20.7. The summed E-state index contributed by atoms with van der Waals surface area (Å²) in [7, 11) is 0. The molecule has 0 unspecified atom stereocenters. The van der Waals surface area contributed by atoms with Gasteiger partial charge >= 0.3 is 0 Å². The van der Waals surface area contributed by atoms with Crippen molar-refractivity contribution < 1.29 is 9.59 Å². The highest BCUT2D eigenvalue weighted by molar-refractivity contribution is 6.30. The summed E-state index contributed by atoms with van der Waals surface area (Å²) in [5, 5.41) is 4.17. The van der Waals surface area contributed by atoms with Gasteiger partial charge in [0.25, 0.3) is 0 Å². The molecule has 0 spiro atoms. The van der Waals surface area contributed by atoms with Gasteiger partial charge in [-0.3, -0.25) is 9.59 Å². The van der Waals surface area contributed by atoms with Crippen LogP contribution in [0.4, 0.5) is 0 Å². The lowest BCUT2D eigenvalue weighted by molar-refractivity contribution is -0.140. The van der Waals surface area contributed by atoms with Gasteiger partial charge in [0.1, 0.15) is 6.04 Å². The summed E-state index contributed by atoms with van der Waals surface area (Å²) in [6, 6.07) is 13.9. The maximum Gasteiger partial charge on any atom is 0.242 e. The van der Waals surface area contributed by atoms with Gasteiger partial charge in [-0.05, 0) is 55.7 Å². The second kappa shape index (κ2) is 10.5. The Bertz CT molecular complexity index is 808. The Balaban J connectivity index is 2.22. The Morgan fingerprint density at radius 3 is 2.29 bits per heavy atom. The molecule has 0 saturated heterocycles. The molecule has 2 rings (SSSR count). The summed E-state index contributed by atoms with van der Waals surface area (Å²) in [4.78, 5) is 27.3. The van der Waals surface area contributed by atoms with Crippen LogP contribution in [0.3, 0.4) is 0 Å².